The maximum absolute atomic E-state index is 12.0. The largest absolute Gasteiger partial charge is 0.312 e. The molecule has 86 valence electrons. The van der Waals surface area contributed by atoms with E-state index in [1.165, 1.54) is 6.07 Å². The molecule has 4 nitrogen and oxygen atoms in total. The van der Waals surface area contributed by atoms with Gasteiger partial charge in [-0.25, -0.2) is 0 Å². The standard InChI is InChI=1S/C11H8ClN3OS/c12-10-2-1-8(17)7-9(10)11(16)15(5-3-13)6-4-14/h1-2,7,17H,5-6H2. The van der Waals surface area contributed by atoms with Crippen molar-refractivity contribution in [1.29, 1.82) is 10.5 Å². The molecule has 0 radical (unpaired) electrons. The Hall–Kier alpha value is -1.69. The summed E-state index contributed by atoms with van der Waals surface area (Å²) < 4.78 is 0. The van der Waals surface area contributed by atoms with Gasteiger partial charge in [0.25, 0.3) is 5.91 Å². The molecule has 0 N–H and O–H groups in total. The number of carbonyl (C=O) groups excluding carboxylic acids is 1. The predicted molar refractivity (Wildman–Crippen MR) is 65.8 cm³/mol. The maximum Gasteiger partial charge on any atom is 0.257 e. The molecule has 0 saturated carbocycles. The van der Waals surface area contributed by atoms with Crippen LogP contribution in [0.15, 0.2) is 23.1 Å². The average Bonchev–Trinajstić information content (AvgIpc) is 2.31. The summed E-state index contributed by atoms with van der Waals surface area (Å²) in [6.45, 7) is -0.307. The molecule has 1 aromatic rings. The second-order valence-corrected chi connectivity index (χ2v) is 4.07. The van der Waals surface area contributed by atoms with E-state index in [9.17, 15) is 4.79 Å². The first-order valence-corrected chi connectivity index (χ1v) is 5.44. The molecule has 0 bridgehead atoms. The van der Waals surface area contributed by atoms with Gasteiger partial charge in [0.15, 0.2) is 0 Å². The minimum Gasteiger partial charge on any atom is -0.312 e. The van der Waals surface area contributed by atoms with Crippen molar-refractivity contribution < 1.29 is 4.79 Å². The molecule has 0 aliphatic heterocycles. The molecule has 1 rings (SSSR count). The summed E-state index contributed by atoms with van der Waals surface area (Å²) in [6, 6.07) is 8.37. The molecule has 0 saturated heterocycles. The Labute approximate surface area is 109 Å². The Morgan fingerprint density at radius 2 is 1.94 bits per heavy atom. The zero-order valence-electron chi connectivity index (χ0n) is 8.72. The minimum atomic E-state index is -0.450. The number of nitriles is 2. The van der Waals surface area contributed by atoms with Gasteiger partial charge in [-0.2, -0.15) is 10.5 Å². The Bertz CT molecular complexity index is 502. The highest BCUT2D eigenvalue weighted by atomic mass is 35.5. The lowest BCUT2D eigenvalue weighted by Gasteiger charge is -2.16. The van der Waals surface area contributed by atoms with Crippen LogP contribution in [0.4, 0.5) is 0 Å². The summed E-state index contributed by atoms with van der Waals surface area (Å²) in [6.07, 6.45) is 0. The Kier molecular flexibility index (Phi) is 4.84. The van der Waals surface area contributed by atoms with E-state index in [2.05, 4.69) is 12.6 Å². The van der Waals surface area contributed by atoms with E-state index < -0.39 is 5.91 Å². The highest BCUT2D eigenvalue weighted by Crippen LogP contribution is 2.21. The van der Waals surface area contributed by atoms with Crippen LogP contribution in [0.25, 0.3) is 0 Å². The van der Waals surface area contributed by atoms with Gasteiger partial charge in [-0.3, -0.25) is 4.79 Å². The van der Waals surface area contributed by atoms with E-state index in [0.717, 1.165) is 4.90 Å². The molecule has 0 aromatic heterocycles. The third-order valence-electron chi connectivity index (χ3n) is 1.99. The van der Waals surface area contributed by atoms with E-state index >= 15 is 0 Å². The number of hydrogen-bond acceptors (Lipinski definition) is 4. The van der Waals surface area contributed by atoms with Gasteiger partial charge in [-0.05, 0) is 18.2 Å². The lowest BCUT2D eigenvalue weighted by Crippen LogP contribution is -2.32. The van der Waals surface area contributed by atoms with Crippen molar-refractivity contribution in [3.63, 3.8) is 0 Å². The second-order valence-electron chi connectivity index (χ2n) is 3.14. The summed E-state index contributed by atoms with van der Waals surface area (Å²) in [5.41, 5.74) is 0.240. The fourth-order valence-corrected chi connectivity index (χ4v) is 1.62. The van der Waals surface area contributed by atoms with Gasteiger partial charge >= 0.3 is 0 Å². The first-order chi connectivity index (χ1) is 8.10. The second kappa shape index (κ2) is 6.15. The summed E-state index contributed by atoms with van der Waals surface area (Å²) >= 11 is 10.00. The van der Waals surface area contributed by atoms with E-state index in [1.807, 2.05) is 12.1 Å². The average molecular weight is 266 g/mol. The molecule has 17 heavy (non-hydrogen) atoms. The van der Waals surface area contributed by atoms with Crippen molar-refractivity contribution in [3.8, 4) is 12.1 Å². The Morgan fingerprint density at radius 3 is 2.47 bits per heavy atom. The van der Waals surface area contributed by atoms with Crippen LogP contribution in [0.1, 0.15) is 10.4 Å². The molecule has 1 aromatic carbocycles. The van der Waals surface area contributed by atoms with E-state index in [0.29, 0.717) is 4.90 Å². The maximum atomic E-state index is 12.0. The van der Waals surface area contributed by atoms with Crippen LogP contribution in [0.5, 0.6) is 0 Å². The number of carbonyl (C=O) groups is 1. The molecule has 0 fully saturated rings. The van der Waals surface area contributed by atoms with Gasteiger partial charge < -0.3 is 4.90 Å². The third-order valence-corrected chi connectivity index (χ3v) is 2.60. The Morgan fingerprint density at radius 1 is 1.35 bits per heavy atom. The van der Waals surface area contributed by atoms with Crippen LogP contribution in [0.3, 0.4) is 0 Å². The SMILES string of the molecule is N#CCN(CC#N)C(=O)c1cc(S)ccc1Cl. The van der Waals surface area contributed by atoms with E-state index in [4.69, 9.17) is 22.1 Å². The van der Waals surface area contributed by atoms with E-state index in [-0.39, 0.29) is 23.7 Å². The monoisotopic (exact) mass is 265 g/mol. The highest BCUT2D eigenvalue weighted by Gasteiger charge is 2.18. The molecule has 0 atom stereocenters. The van der Waals surface area contributed by atoms with Crippen LogP contribution in [0, 0.1) is 22.7 Å². The molecule has 0 unspecified atom stereocenters. The summed E-state index contributed by atoms with van der Waals surface area (Å²) in [5.74, 6) is -0.450. The normalized spacial score (nSPS) is 9.18. The number of rotatable bonds is 3. The van der Waals surface area contributed by atoms with Gasteiger partial charge in [0.1, 0.15) is 13.1 Å². The molecule has 0 spiro atoms. The molecule has 0 heterocycles. The van der Waals surface area contributed by atoms with Gasteiger partial charge in [-0.15, -0.1) is 12.6 Å². The van der Waals surface area contributed by atoms with Crippen molar-refractivity contribution >= 4 is 30.1 Å². The minimum absolute atomic E-state index is 0.153. The zero-order chi connectivity index (χ0) is 12.8. The van der Waals surface area contributed by atoms with Crippen LogP contribution in [-0.4, -0.2) is 23.9 Å². The van der Waals surface area contributed by atoms with Gasteiger partial charge in [-0.1, -0.05) is 11.6 Å². The molecular weight excluding hydrogens is 258 g/mol. The fraction of sp³-hybridized carbons (Fsp3) is 0.182. The number of nitrogens with zero attached hydrogens (tertiary/aromatic N) is 3. The zero-order valence-corrected chi connectivity index (χ0v) is 10.4. The lowest BCUT2D eigenvalue weighted by molar-refractivity contribution is 0.0794. The van der Waals surface area contributed by atoms with Crippen molar-refractivity contribution in [2.75, 3.05) is 13.1 Å². The number of amides is 1. The van der Waals surface area contributed by atoms with E-state index in [1.54, 1.807) is 12.1 Å². The molecule has 0 aliphatic rings. The first kappa shape index (κ1) is 13.4. The third kappa shape index (κ3) is 3.39. The van der Waals surface area contributed by atoms with Crippen molar-refractivity contribution in [2.24, 2.45) is 0 Å². The molecular formula is C11H8ClN3OS. The number of benzene rings is 1. The topological polar surface area (TPSA) is 67.9 Å². The Balaban J connectivity index is 3.06. The van der Waals surface area contributed by atoms with Gasteiger partial charge in [0, 0.05) is 4.90 Å². The van der Waals surface area contributed by atoms with Crippen LogP contribution in [-0.2, 0) is 0 Å². The fourth-order valence-electron chi connectivity index (χ4n) is 1.22. The van der Waals surface area contributed by atoms with Crippen molar-refractivity contribution in [1.82, 2.24) is 4.90 Å². The molecule has 1 amide bonds. The number of hydrogen-bond donors (Lipinski definition) is 1. The van der Waals surface area contributed by atoms with Crippen molar-refractivity contribution in [3.05, 3.63) is 28.8 Å². The highest BCUT2D eigenvalue weighted by molar-refractivity contribution is 7.80. The van der Waals surface area contributed by atoms with Crippen molar-refractivity contribution in [2.45, 2.75) is 4.90 Å². The summed E-state index contributed by atoms with van der Waals surface area (Å²) in [7, 11) is 0. The van der Waals surface area contributed by atoms with Gasteiger partial charge in [0.05, 0.1) is 22.7 Å². The first-order valence-electron chi connectivity index (χ1n) is 4.62. The van der Waals surface area contributed by atoms with Crippen LogP contribution in [0.2, 0.25) is 5.02 Å². The lowest BCUT2D eigenvalue weighted by atomic mass is 10.2. The smallest absolute Gasteiger partial charge is 0.257 e. The summed E-state index contributed by atoms with van der Waals surface area (Å²) in [5, 5.41) is 17.4. The quantitative estimate of drug-likeness (QED) is 0.672. The van der Waals surface area contributed by atoms with Crippen LogP contribution >= 0.6 is 24.2 Å². The number of thiol groups is 1. The van der Waals surface area contributed by atoms with Crippen LogP contribution < -0.4 is 0 Å². The summed E-state index contributed by atoms with van der Waals surface area (Å²) in [4.78, 5) is 13.7. The molecule has 0 aliphatic carbocycles. The van der Waals surface area contributed by atoms with Gasteiger partial charge in [0.2, 0.25) is 0 Å². The predicted octanol–water partition coefficient (Wildman–Crippen LogP) is 2.12. The molecule has 6 heteroatoms. The number of halogens is 1.